The average Bonchev–Trinajstić information content (AvgIpc) is 3.83. The molecule has 4 saturated carbocycles. The van der Waals surface area contributed by atoms with Gasteiger partial charge in [-0.25, -0.2) is 9.59 Å². The summed E-state index contributed by atoms with van der Waals surface area (Å²) in [5.41, 5.74) is 0.587. The molecule has 2 heterocycles. The molecule has 4 aliphatic rings. The largest absolute Gasteiger partial charge is 0.477 e. The van der Waals surface area contributed by atoms with Crippen LogP contribution in [0.15, 0.2) is 12.1 Å². The van der Waals surface area contributed by atoms with Crippen LogP contribution in [0.25, 0.3) is 0 Å². The summed E-state index contributed by atoms with van der Waals surface area (Å²) in [5.74, 6) is 11.8. The molecule has 0 aliphatic heterocycles. The van der Waals surface area contributed by atoms with Gasteiger partial charge in [0.2, 0.25) is 11.8 Å². The highest BCUT2D eigenvalue weighted by molar-refractivity contribution is 7.15. The first-order valence-electron chi connectivity index (χ1n) is 22.9. The Bertz CT molecular complexity index is 1860. The minimum Gasteiger partial charge on any atom is -0.477 e. The van der Waals surface area contributed by atoms with Crippen molar-refractivity contribution >= 4 is 57.8 Å². The van der Waals surface area contributed by atoms with E-state index in [1.165, 1.54) is 0 Å². The maximum absolute atomic E-state index is 13.7. The van der Waals surface area contributed by atoms with Crippen molar-refractivity contribution < 1.29 is 45.1 Å². The number of nitrogens with zero attached hydrogens (tertiary/aromatic N) is 2. The van der Waals surface area contributed by atoms with Gasteiger partial charge in [0, 0.05) is 34.7 Å². The molecule has 4 fully saturated rings. The Hall–Kier alpha value is -3.72. The van der Waals surface area contributed by atoms with E-state index in [1.54, 1.807) is 21.9 Å². The summed E-state index contributed by atoms with van der Waals surface area (Å²) < 4.78 is 0. The SMILES string of the molecule is CC1CCC(C(=O)N(c2cc(C#CC(C)(C)C)sc2C(=O)O)C2CCC(O)CC2)CC1.CC1CCC(C(=O)N(c2cc(C#CC(C)(C)C)sc2C(=O)O)C2CCC(O)CC2)CC1.O. The van der Waals surface area contributed by atoms with Gasteiger partial charge >= 0.3 is 11.9 Å². The summed E-state index contributed by atoms with van der Waals surface area (Å²) in [4.78, 5) is 56.9. The number of hydrogen-bond acceptors (Lipinski definition) is 8. The number of amides is 2. The van der Waals surface area contributed by atoms with E-state index in [0.717, 1.165) is 74.0 Å². The normalized spacial score (nSPS) is 26.2. The molecule has 0 bridgehead atoms. The van der Waals surface area contributed by atoms with Gasteiger partial charge in [0.05, 0.1) is 33.3 Å². The zero-order chi connectivity index (χ0) is 45.5. The van der Waals surface area contributed by atoms with Crippen LogP contribution in [0.1, 0.15) is 187 Å². The lowest BCUT2D eigenvalue weighted by Crippen LogP contribution is -2.47. The maximum atomic E-state index is 13.7. The molecule has 63 heavy (non-hydrogen) atoms. The van der Waals surface area contributed by atoms with Crippen molar-refractivity contribution in [1.82, 2.24) is 0 Å². The zero-order valence-electron chi connectivity index (χ0n) is 38.7. The van der Waals surface area contributed by atoms with E-state index in [0.29, 0.717) is 84.3 Å². The van der Waals surface area contributed by atoms with Crippen molar-refractivity contribution in [2.75, 3.05) is 9.80 Å². The first-order chi connectivity index (χ1) is 29.1. The van der Waals surface area contributed by atoms with Crippen LogP contribution in [0.2, 0.25) is 0 Å². The fourth-order valence-corrected chi connectivity index (χ4v) is 10.8. The van der Waals surface area contributed by atoms with Crippen molar-refractivity contribution in [3.8, 4) is 23.7 Å². The average molecular weight is 909 g/mol. The van der Waals surface area contributed by atoms with E-state index in [-0.39, 0.29) is 74.0 Å². The van der Waals surface area contributed by atoms with Gasteiger partial charge in [-0.15, -0.1) is 22.7 Å². The summed E-state index contributed by atoms with van der Waals surface area (Å²) in [5, 5.41) is 39.8. The highest BCUT2D eigenvalue weighted by atomic mass is 32.1. The lowest BCUT2D eigenvalue weighted by atomic mass is 9.81. The molecule has 13 heteroatoms. The topological polar surface area (TPSA) is 187 Å². The number of rotatable bonds is 8. The molecule has 0 atom stereocenters. The third kappa shape index (κ3) is 14.6. The van der Waals surface area contributed by atoms with Crippen molar-refractivity contribution in [3.63, 3.8) is 0 Å². The smallest absolute Gasteiger partial charge is 0.348 e. The number of anilines is 2. The van der Waals surface area contributed by atoms with Gasteiger partial charge in [-0.05, 0) is 168 Å². The standard InChI is InChI=1S/2C25H35NO4S.H2O/c2*1-16-5-7-17(8-6-16)23(28)26(18-9-11-19(27)12-10-18)21-15-20(13-14-25(2,3)4)31-22(21)24(29)30;/h2*15-19,27H,5-12H2,1-4H3,(H,29,30);1H2. The van der Waals surface area contributed by atoms with Gasteiger partial charge in [0.1, 0.15) is 9.75 Å². The Labute approximate surface area is 383 Å². The van der Waals surface area contributed by atoms with Crippen LogP contribution in [-0.4, -0.2) is 73.9 Å². The second kappa shape index (κ2) is 22.5. The predicted octanol–water partition coefficient (Wildman–Crippen LogP) is 9.79. The fraction of sp³-hybridized carbons (Fsp3) is 0.680. The second-order valence-electron chi connectivity index (χ2n) is 20.5. The number of carbonyl (C=O) groups excluding carboxylic acids is 2. The monoisotopic (exact) mass is 908 g/mol. The molecule has 0 unspecified atom stereocenters. The van der Waals surface area contributed by atoms with Crippen LogP contribution in [-0.2, 0) is 9.59 Å². The maximum Gasteiger partial charge on any atom is 0.348 e. The quantitative estimate of drug-likeness (QED) is 0.189. The van der Waals surface area contributed by atoms with E-state index < -0.39 is 11.9 Å². The Balaban J connectivity index is 0.000000272. The number of aliphatic hydroxyl groups is 2. The zero-order valence-corrected chi connectivity index (χ0v) is 40.4. The Morgan fingerprint density at radius 3 is 1.11 bits per heavy atom. The molecule has 0 aromatic carbocycles. The highest BCUT2D eigenvalue weighted by Gasteiger charge is 2.39. The molecule has 11 nitrogen and oxygen atoms in total. The van der Waals surface area contributed by atoms with E-state index in [4.69, 9.17) is 0 Å². The predicted molar refractivity (Wildman–Crippen MR) is 253 cm³/mol. The summed E-state index contributed by atoms with van der Waals surface area (Å²) in [6.07, 6.45) is 12.2. The molecular weight excluding hydrogens is 837 g/mol. The number of carboxylic acids is 2. The molecule has 6 rings (SSSR count). The van der Waals surface area contributed by atoms with Crippen molar-refractivity contribution in [2.24, 2.45) is 34.5 Å². The number of carbonyl (C=O) groups is 4. The Morgan fingerprint density at radius 1 is 0.540 bits per heavy atom. The Kier molecular flexibility index (Phi) is 18.5. The van der Waals surface area contributed by atoms with E-state index in [9.17, 15) is 39.6 Å². The number of carboxylic acid groups (broad SMARTS) is 2. The third-order valence-corrected chi connectivity index (χ3v) is 14.8. The molecule has 6 N–H and O–H groups in total. The summed E-state index contributed by atoms with van der Waals surface area (Å²) in [7, 11) is 0. The van der Waals surface area contributed by atoms with E-state index >= 15 is 0 Å². The second-order valence-corrected chi connectivity index (χ2v) is 22.6. The molecule has 4 aliphatic carbocycles. The third-order valence-electron chi connectivity index (χ3n) is 12.7. The van der Waals surface area contributed by atoms with Crippen molar-refractivity contribution in [2.45, 2.75) is 182 Å². The van der Waals surface area contributed by atoms with Crippen LogP contribution in [0, 0.1) is 58.2 Å². The summed E-state index contributed by atoms with van der Waals surface area (Å²) >= 11 is 2.30. The van der Waals surface area contributed by atoms with Crippen LogP contribution >= 0.6 is 22.7 Å². The van der Waals surface area contributed by atoms with E-state index in [1.807, 2.05) is 41.5 Å². The Morgan fingerprint density at radius 2 is 0.841 bits per heavy atom. The molecule has 0 radical (unpaired) electrons. The number of hydrogen-bond donors (Lipinski definition) is 4. The fourth-order valence-electron chi connectivity index (χ4n) is 9.08. The van der Waals surface area contributed by atoms with Gasteiger partial charge in [-0.1, -0.05) is 37.5 Å². The minimum absolute atomic E-state index is 0. The van der Waals surface area contributed by atoms with Crippen LogP contribution < -0.4 is 9.80 Å². The lowest BCUT2D eigenvalue weighted by molar-refractivity contribution is -0.125. The van der Waals surface area contributed by atoms with Gasteiger partial charge in [-0.2, -0.15) is 0 Å². The van der Waals surface area contributed by atoms with Gasteiger partial charge in [0.25, 0.3) is 0 Å². The van der Waals surface area contributed by atoms with E-state index in [2.05, 4.69) is 37.5 Å². The van der Waals surface area contributed by atoms with Crippen LogP contribution in [0.4, 0.5) is 11.4 Å². The molecule has 2 aromatic heterocycles. The number of thiophene rings is 2. The molecule has 2 amide bonds. The highest BCUT2D eigenvalue weighted by Crippen LogP contribution is 2.41. The van der Waals surface area contributed by atoms with Crippen LogP contribution in [0.5, 0.6) is 0 Å². The first-order valence-corrected chi connectivity index (χ1v) is 24.6. The minimum atomic E-state index is -1.02. The van der Waals surface area contributed by atoms with Crippen molar-refractivity contribution in [1.29, 1.82) is 0 Å². The molecule has 348 valence electrons. The molecule has 2 aromatic rings. The molecular formula is C50H72N2O9S2. The molecule has 0 spiro atoms. The summed E-state index contributed by atoms with van der Waals surface area (Å²) in [6, 6.07) is 3.43. The van der Waals surface area contributed by atoms with Gasteiger partial charge in [0.15, 0.2) is 0 Å². The van der Waals surface area contributed by atoms with Crippen LogP contribution in [0.3, 0.4) is 0 Å². The van der Waals surface area contributed by atoms with Gasteiger partial charge in [-0.3, -0.25) is 9.59 Å². The summed E-state index contributed by atoms with van der Waals surface area (Å²) in [6.45, 7) is 16.5. The van der Waals surface area contributed by atoms with Gasteiger partial charge < -0.3 is 35.7 Å². The number of aliphatic hydroxyl groups excluding tert-OH is 2. The number of aromatic carboxylic acids is 2. The lowest BCUT2D eigenvalue weighted by Gasteiger charge is -2.38. The molecule has 0 saturated heterocycles. The van der Waals surface area contributed by atoms with Crippen molar-refractivity contribution in [3.05, 3.63) is 31.6 Å². The first kappa shape index (κ1) is 51.9.